The Hall–Kier alpha value is -4.44. The van der Waals surface area contributed by atoms with Crippen LogP contribution in [0.4, 0.5) is 22.0 Å². The Bertz CT molecular complexity index is 1360. The molecule has 0 spiro atoms. The fourth-order valence-corrected chi connectivity index (χ4v) is 4.02. The van der Waals surface area contributed by atoms with Crippen molar-refractivity contribution >= 4 is 34.3 Å². The van der Waals surface area contributed by atoms with Crippen LogP contribution in [-0.2, 0) is 6.42 Å². The van der Waals surface area contributed by atoms with Gasteiger partial charge >= 0.3 is 6.03 Å². The van der Waals surface area contributed by atoms with Gasteiger partial charge in [-0.2, -0.15) is 4.98 Å². The molecule has 2 aromatic heterocycles. The average molecular weight is 530 g/mol. The fourth-order valence-electron chi connectivity index (χ4n) is 4.02. The zero-order valence-electron chi connectivity index (χ0n) is 22.8. The summed E-state index contributed by atoms with van der Waals surface area (Å²) in [6, 6.07) is 18.7. The number of hydrogen-bond acceptors (Lipinski definition) is 8. The molecule has 204 valence electrons. The number of likely N-dealkylation sites (N-methyl/N-ethyl adjacent to an activating group) is 1. The van der Waals surface area contributed by atoms with E-state index in [0.29, 0.717) is 23.9 Å². The number of nitrogens with one attached hydrogen (secondary N) is 2. The summed E-state index contributed by atoms with van der Waals surface area (Å²) < 4.78 is 11.4. The summed E-state index contributed by atoms with van der Waals surface area (Å²) in [5.74, 6) is 1.75. The number of ether oxygens (including phenoxy) is 2. The third kappa shape index (κ3) is 7.78. The van der Waals surface area contributed by atoms with Crippen molar-refractivity contribution in [2.45, 2.75) is 12.8 Å². The summed E-state index contributed by atoms with van der Waals surface area (Å²) in [7, 11) is 7.66. The first-order chi connectivity index (χ1) is 18.9. The van der Waals surface area contributed by atoms with E-state index in [2.05, 4.69) is 35.4 Å². The number of nitrogens with zero attached hydrogens (tertiary/aromatic N) is 5. The summed E-state index contributed by atoms with van der Waals surface area (Å²) in [5.41, 5.74) is 3.15. The van der Waals surface area contributed by atoms with Gasteiger partial charge in [0, 0.05) is 37.6 Å². The van der Waals surface area contributed by atoms with Crippen molar-refractivity contribution in [3.8, 4) is 11.6 Å². The Kier molecular flexibility index (Phi) is 9.47. The summed E-state index contributed by atoms with van der Waals surface area (Å²) in [5, 5.41) is 6.46. The first-order valence-corrected chi connectivity index (χ1v) is 12.8. The highest BCUT2D eigenvalue weighted by atomic mass is 16.5. The van der Waals surface area contributed by atoms with Crippen LogP contribution >= 0.6 is 0 Å². The average Bonchev–Trinajstić information content (AvgIpc) is 2.94. The van der Waals surface area contributed by atoms with Crippen molar-refractivity contribution in [3.63, 3.8) is 0 Å². The molecule has 0 radical (unpaired) electrons. The van der Waals surface area contributed by atoms with Crippen molar-refractivity contribution in [2.24, 2.45) is 0 Å². The van der Waals surface area contributed by atoms with Crippen LogP contribution in [0.1, 0.15) is 12.0 Å². The molecule has 2 amide bonds. The maximum atomic E-state index is 12.2. The second-order valence-corrected chi connectivity index (χ2v) is 9.38. The summed E-state index contributed by atoms with van der Waals surface area (Å²) in [4.78, 5) is 29.9. The third-order valence-corrected chi connectivity index (χ3v) is 6.08. The number of methoxy groups -OCH3 is 1. The van der Waals surface area contributed by atoms with Crippen molar-refractivity contribution in [1.29, 1.82) is 0 Å². The van der Waals surface area contributed by atoms with E-state index < -0.39 is 0 Å². The number of aromatic nitrogens is 3. The lowest BCUT2D eigenvalue weighted by Gasteiger charge is -2.20. The smallest absolute Gasteiger partial charge is 0.323 e. The van der Waals surface area contributed by atoms with Crippen LogP contribution in [0.15, 0.2) is 67.0 Å². The number of amides is 2. The molecule has 0 saturated heterocycles. The van der Waals surface area contributed by atoms with Crippen LogP contribution in [0.3, 0.4) is 0 Å². The Morgan fingerprint density at radius 1 is 0.923 bits per heavy atom. The van der Waals surface area contributed by atoms with Crippen LogP contribution in [0.5, 0.6) is 11.6 Å². The van der Waals surface area contributed by atoms with E-state index in [1.807, 2.05) is 81.8 Å². The lowest BCUT2D eigenvalue weighted by molar-refractivity contribution is 0.260. The lowest BCUT2D eigenvalue weighted by atomic mass is 10.1. The number of para-hydroxylation sites is 1. The molecule has 0 saturated carbocycles. The number of rotatable bonds is 12. The van der Waals surface area contributed by atoms with Gasteiger partial charge in [0.2, 0.25) is 0 Å². The van der Waals surface area contributed by atoms with E-state index in [4.69, 9.17) is 9.47 Å². The van der Waals surface area contributed by atoms with Gasteiger partial charge in [-0.05, 0) is 56.8 Å². The molecule has 0 bridgehead atoms. The molecule has 0 aliphatic carbocycles. The molecule has 0 atom stereocenters. The Labute approximate surface area is 229 Å². The third-order valence-electron chi connectivity index (χ3n) is 6.08. The van der Waals surface area contributed by atoms with E-state index in [-0.39, 0.29) is 6.03 Å². The van der Waals surface area contributed by atoms with Gasteiger partial charge in [0.25, 0.3) is 5.88 Å². The maximum Gasteiger partial charge on any atom is 0.323 e. The van der Waals surface area contributed by atoms with Gasteiger partial charge in [-0.25, -0.2) is 14.8 Å². The molecular weight excluding hydrogens is 494 g/mol. The molecule has 0 fully saturated rings. The highest BCUT2D eigenvalue weighted by Gasteiger charge is 2.16. The number of anilines is 3. The number of hydrogen-bond donors (Lipinski definition) is 2. The molecule has 0 aliphatic rings. The molecule has 4 aromatic rings. The SMILES string of the molecule is COc1cc2c(N(C)CCc3ccc(NC(=O)Nc4ccccc4)cc3)ncnc2nc1OCCCN(C)C. The first-order valence-electron chi connectivity index (χ1n) is 12.8. The normalized spacial score (nSPS) is 10.9. The topological polar surface area (TPSA) is 105 Å². The van der Waals surface area contributed by atoms with Gasteiger partial charge in [0.15, 0.2) is 11.4 Å². The van der Waals surface area contributed by atoms with Gasteiger partial charge in [-0.1, -0.05) is 30.3 Å². The van der Waals surface area contributed by atoms with E-state index in [1.54, 1.807) is 7.11 Å². The lowest BCUT2D eigenvalue weighted by Crippen LogP contribution is -2.22. The monoisotopic (exact) mass is 529 g/mol. The zero-order chi connectivity index (χ0) is 27.6. The van der Waals surface area contributed by atoms with E-state index in [9.17, 15) is 4.79 Å². The molecular formula is C29H35N7O3. The van der Waals surface area contributed by atoms with Crippen LogP contribution in [-0.4, -0.2) is 73.8 Å². The van der Waals surface area contributed by atoms with Crippen LogP contribution in [0, 0.1) is 0 Å². The molecule has 10 nitrogen and oxygen atoms in total. The van der Waals surface area contributed by atoms with Crippen LogP contribution in [0.2, 0.25) is 0 Å². The molecule has 10 heteroatoms. The minimum atomic E-state index is -0.282. The number of carbonyl (C=O) groups excluding carboxylic acids is 1. The van der Waals surface area contributed by atoms with Gasteiger partial charge in [-0.15, -0.1) is 0 Å². The second kappa shape index (κ2) is 13.4. The molecule has 2 aromatic carbocycles. The molecule has 4 rings (SSSR count). The van der Waals surface area contributed by atoms with Gasteiger partial charge < -0.3 is 29.9 Å². The predicted octanol–water partition coefficient (Wildman–Crippen LogP) is 4.69. The second-order valence-electron chi connectivity index (χ2n) is 9.38. The van der Waals surface area contributed by atoms with Gasteiger partial charge in [-0.3, -0.25) is 0 Å². The van der Waals surface area contributed by atoms with Crippen molar-refractivity contribution in [1.82, 2.24) is 19.9 Å². The quantitative estimate of drug-likeness (QED) is 0.255. The Morgan fingerprint density at radius 3 is 2.33 bits per heavy atom. The number of benzene rings is 2. The predicted molar refractivity (Wildman–Crippen MR) is 155 cm³/mol. The number of pyridine rings is 1. The number of carbonyl (C=O) groups is 1. The highest BCUT2D eigenvalue weighted by Crippen LogP contribution is 2.32. The molecule has 39 heavy (non-hydrogen) atoms. The summed E-state index contributed by atoms with van der Waals surface area (Å²) in [6.07, 6.45) is 3.19. The van der Waals surface area contributed by atoms with Gasteiger partial charge in [0.05, 0.1) is 19.1 Å². The van der Waals surface area contributed by atoms with E-state index in [1.165, 1.54) is 6.33 Å². The van der Waals surface area contributed by atoms with Crippen LogP contribution < -0.4 is 25.0 Å². The summed E-state index contributed by atoms with van der Waals surface area (Å²) >= 11 is 0. The molecule has 0 aliphatic heterocycles. The summed E-state index contributed by atoms with van der Waals surface area (Å²) in [6.45, 7) is 2.19. The Balaban J connectivity index is 1.37. The van der Waals surface area contributed by atoms with E-state index >= 15 is 0 Å². The van der Waals surface area contributed by atoms with Crippen molar-refractivity contribution < 1.29 is 14.3 Å². The standard InChI is InChI=1S/C29H35N7O3/c1-35(2)16-8-18-39-28-25(38-4)19-24-26(34-28)30-20-31-27(24)36(3)17-15-21-11-13-23(14-12-21)33-29(37)32-22-9-6-5-7-10-22/h5-7,9-14,19-20H,8,15-18H2,1-4H3,(H2,32,33,37). The molecule has 2 heterocycles. The minimum Gasteiger partial charge on any atom is -0.491 e. The molecule has 2 N–H and O–H groups in total. The van der Waals surface area contributed by atoms with Crippen LogP contribution in [0.25, 0.3) is 11.0 Å². The van der Waals surface area contributed by atoms with E-state index in [0.717, 1.165) is 54.1 Å². The van der Waals surface area contributed by atoms with Gasteiger partial charge in [0.1, 0.15) is 12.1 Å². The zero-order valence-corrected chi connectivity index (χ0v) is 22.8. The van der Waals surface area contributed by atoms with Crippen molar-refractivity contribution in [2.75, 3.05) is 63.5 Å². The minimum absolute atomic E-state index is 0.282. The Morgan fingerprint density at radius 2 is 1.64 bits per heavy atom. The molecule has 0 unspecified atom stereocenters. The largest absolute Gasteiger partial charge is 0.491 e. The number of urea groups is 1. The first kappa shape index (κ1) is 27.6. The number of fused-ring (bicyclic) bond motifs is 1. The fraction of sp³-hybridized carbons (Fsp3) is 0.310. The highest BCUT2D eigenvalue weighted by molar-refractivity contribution is 5.99. The maximum absolute atomic E-state index is 12.2. The van der Waals surface area contributed by atoms with Crippen molar-refractivity contribution in [3.05, 3.63) is 72.6 Å².